The molecule has 0 fully saturated rings. The van der Waals surface area contributed by atoms with Crippen LogP contribution in [-0.4, -0.2) is 24.8 Å². The van der Waals surface area contributed by atoms with E-state index in [9.17, 15) is 17.6 Å². The minimum absolute atomic E-state index is 0.216. The van der Waals surface area contributed by atoms with Crippen molar-refractivity contribution in [1.82, 2.24) is 4.90 Å². The van der Waals surface area contributed by atoms with Gasteiger partial charge in [0, 0.05) is 13.6 Å². The van der Waals surface area contributed by atoms with Gasteiger partial charge in [-0.1, -0.05) is 17.7 Å². The lowest BCUT2D eigenvalue weighted by Gasteiger charge is -2.13. The van der Waals surface area contributed by atoms with Crippen LogP contribution in [0.25, 0.3) is 0 Å². The highest BCUT2D eigenvalue weighted by Crippen LogP contribution is 2.33. The summed E-state index contributed by atoms with van der Waals surface area (Å²) >= 11 is 6.25. The van der Waals surface area contributed by atoms with Gasteiger partial charge in [-0.05, 0) is 61.2 Å². The van der Waals surface area contributed by atoms with E-state index >= 15 is 0 Å². The highest BCUT2D eigenvalue weighted by Gasteiger charge is 2.34. The molecule has 0 saturated heterocycles. The van der Waals surface area contributed by atoms with Crippen molar-refractivity contribution < 1.29 is 17.6 Å². The molecule has 0 heterocycles. The van der Waals surface area contributed by atoms with Gasteiger partial charge in [0.25, 0.3) is 0 Å². The van der Waals surface area contributed by atoms with Gasteiger partial charge in [0.2, 0.25) is 0 Å². The van der Waals surface area contributed by atoms with E-state index in [1.54, 1.807) is 18.5 Å². The van der Waals surface area contributed by atoms with Crippen LogP contribution < -0.4 is 0 Å². The quantitative estimate of drug-likeness (QED) is 0.349. The van der Waals surface area contributed by atoms with Crippen LogP contribution >= 0.6 is 11.6 Å². The molecule has 0 radical (unpaired) electrons. The van der Waals surface area contributed by atoms with Crippen molar-refractivity contribution in [3.8, 4) is 0 Å². The number of benzene rings is 2. The van der Waals surface area contributed by atoms with E-state index in [2.05, 4.69) is 4.99 Å². The molecule has 7 heteroatoms. The zero-order valence-corrected chi connectivity index (χ0v) is 15.4. The normalized spacial score (nSPS) is 12.0. The average molecular weight is 387 g/mol. The van der Waals surface area contributed by atoms with E-state index in [0.29, 0.717) is 16.3 Å². The van der Waals surface area contributed by atoms with Crippen LogP contribution in [0.15, 0.2) is 35.3 Å². The van der Waals surface area contributed by atoms with Gasteiger partial charge in [-0.3, -0.25) is 0 Å². The first-order valence-electron chi connectivity index (χ1n) is 8.01. The van der Waals surface area contributed by atoms with E-state index in [1.165, 1.54) is 6.07 Å². The van der Waals surface area contributed by atoms with Gasteiger partial charge in [0.1, 0.15) is 5.82 Å². The number of aryl methyl sites for hydroxylation is 1. The Morgan fingerprint density at radius 1 is 1.19 bits per heavy atom. The van der Waals surface area contributed by atoms with Crippen LogP contribution in [0.4, 0.5) is 23.2 Å². The predicted octanol–water partition coefficient (Wildman–Crippen LogP) is 6.01. The maximum absolute atomic E-state index is 13.4. The summed E-state index contributed by atoms with van der Waals surface area (Å²) in [6.07, 6.45) is -2.85. The highest BCUT2D eigenvalue weighted by molar-refractivity contribution is 6.33. The number of hydrogen-bond acceptors (Lipinski definition) is 1. The van der Waals surface area contributed by atoms with Gasteiger partial charge in [-0.2, -0.15) is 13.2 Å². The lowest BCUT2D eigenvalue weighted by atomic mass is 9.98. The molecule has 0 spiro atoms. The first-order valence-corrected chi connectivity index (χ1v) is 8.38. The van der Waals surface area contributed by atoms with Crippen molar-refractivity contribution in [3.05, 3.63) is 63.4 Å². The maximum Gasteiger partial charge on any atom is 0.419 e. The van der Waals surface area contributed by atoms with Crippen LogP contribution in [0.1, 0.15) is 29.2 Å². The molecule has 0 aliphatic carbocycles. The molecular formula is C19H19ClF4N2. The van der Waals surface area contributed by atoms with Gasteiger partial charge in [-0.25, -0.2) is 9.38 Å². The zero-order chi connectivity index (χ0) is 19.5. The van der Waals surface area contributed by atoms with E-state index < -0.39 is 17.6 Å². The van der Waals surface area contributed by atoms with Crippen LogP contribution in [0.2, 0.25) is 5.02 Å². The van der Waals surface area contributed by atoms with E-state index in [1.807, 2.05) is 25.8 Å². The zero-order valence-electron chi connectivity index (χ0n) is 14.7. The second-order valence-corrected chi connectivity index (χ2v) is 6.44. The lowest BCUT2D eigenvalue weighted by Crippen LogP contribution is -2.14. The maximum atomic E-state index is 13.4. The molecule has 2 aromatic carbocycles. The fourth-order valence-electron chi connectivity index (χ4n) is 2.36. The van der Waals surface area contributed by atoms with Crippen molar-refractivity contribution in [3.63, 3.8) is 0 Å². The third-order valence-electron chi connectivity index (χ3n) is 4.03. The summed E-state index contributed by atoms with van der Waals surface area (Å²) in [5.41, 5.74) is 1.29. The monoisotopic (exact) mass is 386 g/mol. The first kappa shape index (κ1) is 20.2. The van der Waals surface area contributed by atoms with Gasteiger partial charge in [-0.15, -0.1) is 0 Å². The molecule has 0 saturated carbocycles. The predicted molar refractivity (Wildman–Crippen MR) is 96.9 cm³/mol. The van der Waals surface area contributed by atoms with E-state index in [4.69, 9.17) is 11.6 Å². The average Bonchev–Trinajstić information content (AvgIpc) is 2.56. The highest BCUT2D eigenvalue weighted by atomic mass is 35.5. The third-order valence-corrected chi connectivity index (χ3v) is 4.33. The molecule has 0 amide bonds. The number of aliphatic imine (C=N–C) groups is 1. The largest absolute Gasteiger partial charge is 0.419 e. The summed E-state index contributed by atoms with van der Waals surface area (Å²) < 4.78 is 52.0. The van der Waals surface area contributed by atoms with E-state index in [0.717, 1.165) is 29.8 Å². The molecular weight excluding hydrogens is 368 g/mol. The Balaban J connectivity index is 2.31. The van der Waals surface area contributed by atoms with Gasteiger partial charge in [0.15, 0.2) is 0 Å². The van der Waals surface area contributed by atoms with Gasteiger partial charge < -0.3 is 4.90 Å². The van der Waals surface area contributed by atoms with Crippen molar-refractivity contribution in [2.24, 2.45) is 4.99 Å². The van der Waals surface area contributed by atoms with Crippen LogP contribution in [0.5, 0.6) is 0 Å². The molecule has 140 valence electrons. The molecule has 0 aromatic heterocycles. The first-order chi connectivity index (χ1) is 12.1. The summed E-state index contributed by atoms with van der Waals surface area (Å²) in [4.78, 5) is 6.20. The minimum Gasteiger partial charge on any atom is -0.366 e. The molecule has 26 heavy (non-hydrogen) atoms. The third kappa shape index (κ3) is 4.97. The molecule has 2 nitrogen and oxygen atoms in total. The summed E-state index contributed by atoms with van der Waals surface area (Å²) in [6, 6.07) is 6.50. The standard InChI is InChI=1S/C19H19ClF4N2/c1-4-26(3)11-25-18-7-12(2)14(10-16(18)20)8-13-5-6-17(21)15(9-13)19(22,23)24/h5-7,9-11H,4,8H2,1-3H3/b25-11-. The molecule has 0 aliphatic heterocycles. The Morgan fingerprint density at radius 3 is 2.50 bits per heavy atom. The van der Waals surface area contributed by atoms with Gasteiger partial charge in [0.05, 0.1) is 22.6 Å². The van der Waals surface area contributed by atoms with Crippen LogP contribution in [0.3, 0.4) is 0 Å². The Labute approximate surface area is 155 Å². The summed E-state index contributed by atoms with van der Waals surface area (Å²) in [6.45, 7) is 4.62. The van der Waals surface area contributed by atoms with Crippen molar-refractivity contribution in [2.45, 2.75) is 26.4 Å². The van der Waals surface area contributed by atoms with Crippen molar-refractivity contribution in [1.29, 1.82) is 0 Å². The Hall–Kier alpha value is -2.08. The second kappa shape index (κ2) is 8.08. The Morgan fingerprint density at radius 2 is 1.88 bits per heavy atom. The number of nitrogens with zero attached hydrogens (tertiary/aromatic N) is 2. The SMILES string of the molecule is CCN(C)/C=N\c1cc(C)c(Cc2ccc(F)c(C(F)(F)F)c2)cc1Cl. The fraction of sp³-hybridized carbons (Fsp3) is 0.316. The molecule has 2 rings (SSSR count). The Bertz CT molecular complexity index is 816. The van der Waals surface area contributed by atoms with Crippen molar-refractivity contribution in [2.75, 3.05) is 13.6 Å². The molecule has 0 bridgehead atoms. The molecule has 0 aliphatic rings. The topological polar surface area (TPSA) is 15.6 Å². The summed E-state index contributed by atoms with van der Waals surface area (Å²) in [5.74, 6) is -1.28. The lowest BCUT2D eigenvalue weighted by molar-refractivity contribution is -0.140. The second-order valence-electron chi connectivity index (χ2n) is 6.04. The molecule has 2 aromatic rings. The number of halogens is 5. The summed E-state index contributed by atoms with van der Waals surface area (Å²) in [7, 11) is 1.88. The van der Waals surface area contributed by atoms with Gasteiger partial charge >= 0.3 is 6.18 Å². The summed E-state index contributed by atoms with van der Waals surface area (Å²) in [5, 5.41) is 0.407. The molecule has 0 unspecified atom stereocenters. The van der Waals surface area contributed by atoms with Crippen LogP contribution in [0, 0.1) is 12.7 Å². The number of alkyl halides is 3. The fourth-order valence-corrected chi connectivity index (χ4v) is 2.59. The molecule has 0 N–H and O–H groups in total. The number of hydrogen-bond donors (Lipinski definition) is 0. The minimum atomic E-state index is -4.73. The van der Waals surface area contributed by atoms with Crippen molar-refractivity contribution >= 4 is 23.6 Å². The number of rotatable bonds is 5. The van der Waals surface area contributed by atoms with Crippen LogP contribution in [-0.2, 0) is 12.6 Å². The smallest absolute Gasteiger partial charge is 0.366 e. The Kier molecular flexibility index (Phi) is 6.29. The van der Waals surface area contributed by atoms with E-state index in [-0.39, 0.29) is 6.42 Å². The molecule has 0 atom stereocenters.